The number of nitrogens with zero attached hydrogens (tertiary/aromatic N) is 1. The number of piperidine rings is 1. The van der Waals surface area contributed by atoms with Crippen molar-refractivity contribution in [3.63, 3.8) is 0 Å². The normalized spacial score (nSPS) is 14.5. The molecule has 1 N–H and O–H groups in total. The molecule has 1 amide bonds. The third-order valence-corrected chi connectivity index (χ3v) is 7.74. The Labute approximate surface area is 247 Å². The molecule has 0 saturated carbocycles. The molecule has 1 aliphatic heterocycles. The van der Waals surface area contributed by atoms with Gasteiger partial charge in [-0.25, -0.2) is 0 Å². The van der Waals surface area contributed by atoms with Crippen LogP contribution in [0.1, 0.15) is 61.0 Å². The van der Waals surface area contributed by atoms with Gasteiger partial charge in [-0.2, -0.15) is 13.2 Å². The van der Waals surface area contributed by atoms with Gasteiger partial charge >= 0.3 is 6.18 Å². The van der Waals surface area contributed by atoms with E-state index in [1.807, 2.05) is 26.0 Å². The van der Waals surface area contributed by atoms with Crippen LogP contribution >= 0.6 is 0 Å². The number of hydrogen-bond donors (Lipinski definition) is 1. The van der Waals surface area contributed by atoms with Crippen LogP contribution in [0.3, 0.4) is 0 Å². The van der Waals surface area contributed by atoms with Crippen molar-refractivity contribution in [2.24, 2.45) is 5.92 Å². The lowest BCUT2D eigenvalue weighted by Crippen LogP contribution is -2.35. The Kier molecular flexibility index (Phi) is 11.3. The summed E-state index contributed by atoms with van der Waals surface area (Å²) in [6.45, 7) is 9.07. The molecule has 1 aliphatic rings. The number of amides is 1. The Morgan fingerprint density at radius 2 is 1.52 bits per heavy atom. The van der Waals surface area contributed by atoms with Crippen molar-refractivity contribution in [2.75, 3.05) is 39.4 Å². The summed E-state index contributed by atoms with van der Waals surface area (Å²) < 4.78 is 49.9. The number of alkyl halides is 3. The lowest BCUT2D eigenvalue weighted by molar-refractivity contribution is -0.137. The third kappa shape index (κ3) is 8.99. The molecule has 8 heteroatoms. The van der Waals surface area contributed by atoms with Crippen LogP contribution in [0.2, 0.25) is 0 Å². The Morgan fingerprint density at radius 3 is 2.14 bits per heavy atom. The van der Waals surface area contributed by atoms with Crippen LogP contribution in [0.25, 0.3) is 11.1 Å². The molecule has 3 aromatic rings. The summed E-state index contributed by atoms with van der Waals surface area (Å²) in [5.41, 5.74) is 2.54. The predicted octanol–water partition coefficient (Wildman–Crippen LogP) is 7.63. The predicted molar refractivity (Wildman–Crippen MR) is 160 cm³/mol. The third-order valence-electron chi connectivity index (χ3n) is 7.74. The standard InChI is InChI=1S/C34H41F3N2O3/c1-3-41-31-16-13-29(32(24-31)42-4-2)23-25-17-21-39(22-18-25)20-6-5-19-38-33(40)28-9-7-26(8-10-28)27-11-14-30(15-12-27)34(35,36)37/h7-16,24-25H,3-6,17-23H2,1-2H3,(H,38,40). The minimum absolute atomic E-state index is 0.143. The van der Waals surface area contributed by atoms with E-state index in [1.54, 1.807) is 24.3 Å². The molecule has 0 aromatic heterocycles. The number of carbonyl (C=O) groups excluding carboxylic acids is 1. The van der Waals surface area contributed by atoms with Crippen molar-refractivity contribution in [2.45, 2.75) is 52.1 Å². The number of nitrogens with one attached hydrogen (secondary N) is 1. The molecule has 226 valence electrons. The zero-order chi connectivity index (χ0) is 30.0. The molecule has 1 fully saturated rings. The van der Waals surface area contributed by atoms with Gasteiger partial charge in [0.25, 0.3) is 5.91 Å². The van der Waals surface area contributed by atoms with E-state index in [0.717, 1.165) is 80.9 Å². The Balaban J connectivity index is 1.14. The van der Waals surface area contributed by atoms with Gasteiger partial charge < -0.3 is 19.7 Å². The maximum Gasteiger partial charge on any atom is 0.416 e. The topological polar surface area (TPSA) is 50.8 Å². The minimum Gasteiger partial charge on any atom is -0.494 e. The van der Waals surface area contributed by atoms with Crippen molar-refractivity contribution in [1.82, 2.24) is 10.2 Å². The molecule has 5 nitrogen and oxygen atoms in total. The minimum atomic E-state index is -4.36. The molecule has 1 saturated heterocycles. The molecule has 0 unspecified atom stereocenters. The summed E-state index contributed by atoms with van der Waals surface area (Å²) in [5.74, 6) is 2.28. The largest absolute Gasteiger partial charge is 0.494 e. The number of rotatable bonds is 13. The van der Waals surface area contributed by atoms with Crippen molar-refractivity contribution in [1.29, 1.82) is 0 Å². The highest BCUT2D eigenvalue weighted by atomic mass is 19.4. The Morgan fingerprint density at radius 1 is 0.881 bits per heavy atom. The van der Waals surface area contributed by atoms with E-state index in [4.69, 9.17) is 9.47 Å². The monoisotopic (exact) mass is 582 g/mol. The van der Waals surface area contributed by atoms with E-state index in [1.165, 1.54) is 17.7 Å². The smallest absolute Gasteiger partial charge is 0.416 e. The SMILES string of the molecule is CCOc1ccc(CC2CCN(CCCCNC(=O)c3ccc(-c4ccc(C(F)(F)F)cc4)cc3)CC2)c(OCC)c1. The quantitative estimate of drug-likeness (QED) is 0.211. The molecular formula is C34H41F3N2O3. The van der Waals surface area contributed by atoms with Gasteiger partial charge in [-0.1, -0.05) is 30.3 Å². The van der Waals surface area contributed by atoms with E-state index in [2.05, 4.69) is 16.3 Å². The highest BCUT2D eigenvalue weighted by Gasteiger charge is 2.30. The fourth-order valence-corrected chi connectivity index (χ4v) is 5.41. The number of carbonyl (C=O) groups is 1. The molecule has 0 spiro atoms. The number of unbranched alkanes of at least 4 members (excludes halogenated alkanes) is 1. The zero-order valence-corrected chi connectivity index (χ0v) is 24.5. The summed E-state index contributed by atoms with van der Waals surface area (Å²) in [5, 5.41) is 2.98. The molecule has 4 rings (SSSR count). The second-order valence-corrected chi connectivity index (χ2v) is 10.7. The molecule has 1 heterocycles. The van der Waals surface area contributed by atoms with Gasteiger partial charge in [0.1, 0.15) is 11.5 Å². The number of likely N-dealkylation sites (tertiary alicyclic amines) is 1. The summed E-state index contributed by atoms with van der Waals surface area (Å²) in [4.78, 5) is 15.1. The van der Waals surface area contributed by atoms with Crippen LogP contribution in [0.5, 0.6) is 11.5 Å². The van der Waals surface area contributed by atoms with Crippen LogP contribution in [-0.4, -0.2) is 50.2 Å². The summed E-state index contributed by atoms with van der Waals surface area (Å²) in [7, 11) is 0. The fraction of sp³-hybridized carbons (Fsp3) is 0.441. The summed E-state index contributed by atoms with van der Waals surface area (Å²) in [6.07, 6.45) is 0.914. The molecule has 0 atom stereocenters. The number of halogens is 3. The second kappa shape index (κ2) is 15.1. The average Bonchev–Trinajstić information content (AvgIpc) is 2.99. The molecule has 0 radical (unpaired) electrons. The van der Waals surface area contributed by atoms with Gasteiger partial charge in [0.2, 0.25) is 0 Å². The highest BCUT2D eigenvalue weighted by Crippen LogP contribution is 2.32. The lowest BCUT2D eigenvalue weighted by atomic mass is 9.89. The number of hydrogen-bond acceptors (Lipinski definition) is 4. The van der Waals surface area contributed by atoms with Crippen LogP contribution in [0.15, 0.2) is 66.7 Å². The first-order chi connectivity index (χ1) is 20.3. The molecule has 42 heavy (non-hydrogen) atoms. The number of benzene rings is 3. The van der Waals surface area contributed by atoms with E-state index >= 15 is 0 Å². The maximum atomic E-state index is 12.8. The molecular weight excluding hydrogens is 541 g/mol. The number of ether oxygens (including phenoxy) is 2. The van der Waals surface area contributed by atoms with Crippen molar-refractivity contribution in [3.05, 3.63) is 83.4 Å². The van der Waals surface area contributed by atoms with Gasteiger partial charge in [-0.15, -0.1) is 0 Å². The van der Waals surface area contributed by atoms with Gasteiger partial charge in [-0.05, 0) is 119 Å². The van der Waals surface area contributed by atoms with Gasteiger partial charge in [0.05, 0.1) is 18.8 Å². The van der Waals surface area contributed by atoms with E-state index in [9.17, 15) is 18.0 Å². The summed E-state index contributed by atoms with van der Waals surface area (Å²) >= 11 is 0. The van der Waals surface area contributed by atoms with E-state index in [-0.39, 0.29) is 5.91 Å². The Bertz CT molecular complexity index is 1270. The van der Waals surface area contributed by atoms with Gasteiger partial charge in [0.15, 0.2) is 0 Å². The highest BCUT2D eigenvalue weighted by molar-refractivity contribution is 5.94. The first-order valence-corrected chi connectivity index (χ1v) is 14.9. The van der Waals surface area contributed by atoms with Crippen LogP contribution < -0.4 is 14.8 Å². The zero-order valence-electron chi connectivity index (χ0n) is 24.5. The van der Waals surface area contributed by atoms with Crippen LogP contribution in [0, 0.1) is 5.92 Å². The molecule has 3 aromatic carbocycles. The van der Waals surface area contributed by atoms with Crippen LogP contribution in [0.4, 0.5) is 13.2 Å². The van der Waals surface area contributed by atoms with Crippen molar-refractivity contribution >= 4 is 5.91 Å². The fourth-order valence-electron chi connectivity index (χ4n) is 5.41. The van der Waals surface area contributed by atoms with E-state index in [0.29, 0.717) is 36.8 Å². The van der Waals surface area contributed by atoms with Gasteiger partial charge in [0, 0.05) is 18.2 Å². The summed E-state index contributed by atoms with van der Waals surface area (Å²) in [6, 6.07) is 18.1. The van der Waals surface area contributed by atoms with Crippen LogP contribution in [-0.2, 0) is 12.6 Å². The first-order valence-electron chi connectivity index (χ1n) is 14.9. The van der Waals surface area contributed by atoms with E-state index < -0.39 is 11.7 Å². The van der Waals surface area contributed by atoms with Crippen molar-refractivity contribution in [3.8, 4) is 22.6 Å². The molecule has 0 bridgehead atoms. The second-order valence-electron chi connectivity index (χ2n) is 10.7. The average molecular weight is 583 g/mol. The Hall–Kier alpha value is -3.52. The molecule has 0 aliphatic carbocycles. The first kappa shape index (κ1) is 31.4. The maximum absolute atomic E-state index is 12.8. The lowest BCUT2D eigenvalue weighted by Gasteiger charge is -2.32. The van der Waals surface area contributed by atoms with Gasteiger partial charge in [-0.3, -0.25) is 4.79 Å². The van der Waals surface area contributed by atoms with Crippen molar-refractivity contribution < 1.29 is 27.4 Å².